The van der Waals surface area contributed by atoms with E-state index >= 15 is 0 Å². The Kier molecular flexibility index (Phi) is 3.64. The molecule has 1 saturated heterocycles. The molecule has 0 aromatic heterocycles. The lowest BCUT2D eigenvalue weighted by Gasteiger charge is -2.39. The Balaban J connectivity index is 2.24. The van der Waals surface area contributed by atoms with Crippen LogP contribution in [0.4, 0.5) is 5.69 Å². The molecule has 1 heterocycles. The second-order valence-corrected chi connectivity index (χ2v) is 4.47. The topological polar surface area (TPSA) is 44.4 Å². The average molecular weight is 233 g/mol. The summed E-state index contributed by atoms with van der Waals surface area (Å²) in [6, 6.07) is 10.2. The third kappa shape index (κ3) is 2.58. The number of amides is 1. The monoisotopic (exact) mass is 233 g/mol. The van der Waals surface area contributed by atoms with Crippen LogP contribution in [0.5, 0.6) is 0 Å². The smallest absolute Gasteiger partial charge is 0.244 e. The summed E-state index contributed by atoms with van der Waals surface area (Å²) in [5.41, 5.74) is 1.11. The largest absolute Gasteiger partial charge is 0.356 e. The number of carbonyl (C=O) groups is 1. The molecule has 1 aliphatic rings. The molecule has 0 spiro atoms. The first-order valence-corrected chi connectivity index (χ1v) is 5.99. The van der Waals surface area contributed by atoms with Gasteiger partial charge in [0.15, 0.2) is 0 Å². The van der Waals surface area contributed by atoms with E-state index in [9.17, 15) is 4.79 Å². The zero-order valence-corrected chi connectivity index (χ0v) is 10.3. The summed E-state index contributed by atoms with van der Waals surface area (Å²) in [6.45, 7) is 3.54. The molecule has 0 radical (unpaired) electrons. The lowest BCUT2D eigenvalue weighted by molar-refractivity contribution is -0.124. The molecular weight excluding hydrogens is 214 g/mol. The molecule has 0 aliphatic carbocycles. The molecule has 0 bridgehead atoms. The van der Waals surface area contributed by atoms with E-state index in [0.29, 0.717) is 6.54 Å². The number of anilines is 1. The first-order chi connectivity index (χ1) is 8.22. The van der Waals surface area contributed by atoms with Crippen LogP contribution < -0.4 is 15.5 Å². The molecule has 0 saturated carbocycles. The Bertz CT molecular complexity index is 380. The Morgan fingerprint density at radius 3 is 2.76 bits per heavy atom. The maximum atomic E-state index is 12.0. The molecule has 2 rings (SSSR count). The summed E-state index contributed by atoms with van der Waals surface area (Å²) in [7, 11) is 1.87. The van der Waals surface area contributed by atoms with Crippen molar-refractivity contribution in [1.29, 1.82) is 0 Å². The third-order valence-corrected chi connectivity index (χ3v) is 3.02. The summed E-state index contributed by atoms with van der Waals surface area (Å²) in [4.78, 5) is 14.2. The van der Waals surface area contributed by atoms with E-state index in [1.807, 2.05) is 44.3 Å². The van der Waals surface area contributed by atoms with Crippen molar-refractivity contribution in [2.24, 2.45) is 0 Å². The number of hydrogen-bond acceptors (Lipinski definition) is 3. The summed E-state index contributed by atoms with van der Waals surface area (Å²) in [5.74, 6) is 0.0990. The van der Waals surface area contributed by atoms with Crippen molar-refractivity contribution in [2.45, 2.75) is 19.0 Å². The molecule has 1 aromatic carbocycles. The van der Waals surface area contributed by atoms with Crippen molar-refractivity contribution in [1.82, 2.24) is 10.6 Å². The minimum Gasteiger partial charge on any atom is -0.356 e. The molecule has 2 N–H and O–H groups in total. The van der Waals surface area contributed by atoms with Gasteiger partial charge in [0.25, 0.3) is 0 Å². The number of benzene rings is 1. The highest BCUT2D eigenvalue weighted by Gasteiger charge is 2.32. The highest BCUT2D eigenvalue weighted by molar-refractivity contribution is 5.87. The minimum atomic E-state index is -0.126. The van der Waals surface area contributed by atoms with E-state index < -0.39 is 0 Å². The molecule has 1 amide bonds. The van der Waals surface area contributed by atoms with Crippen LogP contribution in [0.3, 0.4) is 0 Å². The zero-order chi connectivity index (χ0) is 12.3. The number of nitrogens with one attached hydrogen (secondary N) is 2. The van der Waals surface area contributed by atoms with Crippen LogP contribution in [0.1, 0.15) is 6.92 Å². The fourth-order valence-corrected chi connectivity index (χ4v) is 2.25. The first-order valence-electron chi connectivity index (χ1n) is 5.99. The Morgan fingerprint density at radius 1 is 1.41 bits per heavy atom. The maximum absolute atomic E-state index is 12.0. The summed E-state index contributed by atoms with van der Waals surface area (Å²) in [6.07, 6.45) is 0. The van der Waals surface area contributed by atoms with Gasteiger partial charge in [-0.2, -0.15) is 0 Å². The quantitative estimate of drug-likeness (QED) is 0.803. The predicted molar refractivity (Wildman–Crippen MR) is 69.1 cm³/mol. The second-order valence-electron chi connectivity index (χ2n) is 4.47. The zero-order valence-electron chi connectivity index (χ0n) is 10.3. The van der Waals surface area contributed by atoms with Gasteiger partial charge in [-0.25, -0.2) is 0 Å². The van der Waals surface area contributed by atoms with E-state index in [1.54, 1.807) is 0 Å². The number of rotatable bonds is 3. The van der Waals surface area contributed by atoms with Crippen LogP contribution in [-0.4, -0.2) is 38.1 Å². The summed E-state index contributed by atoms with van der Waals surface area (Å²) >= 11 is 0. The van der Waals surface area contributed by atoms with Gasteiger partial charge in [-0.1, -0.05) is 18.2 Å². The van der Waals surface area contributed by atoms with Crippen molar-refractivity contribution in [3.8, 4) is 0 Å². The Hall–Kier alpha value is -1.55. The number of para-hydroxylation sites is 1. The first kappa shape index (κ1) is 11.9. The maximum Gasteiger partial charge on any atom is 0.244 e. The van der Waals surface area contributed by atoms with Crippen LogP contribution in [0.25, 0.3) is 0 Å². The van der Waals surface area contributed by atoms with Gasteiger partial charge < -0.3 is 15.5 Å². The lowest BCUT2D eigenvalue weighted by Crippen LogP contribution is -2.62. The molecule has 1 fully saturated rings. The number of likely N-dealkylation sites (N-methyl/N-ethyl adjacent to an activating group) is 1. The minimum absolute atomic E-state index is 0.0990. The number of hydrogen-bond donors (Lipinski definition) is 2. The highest BCUT2D eigenvalue weighted by Crippen LogP contribution is 2.19. The number of carbonyl (C=O) groups excluding carboxylic acids is 1. The summed E-state index contributed by atoms with van der Waals surface area (Å²) < 4.78 is 0. The van der Waals surface area contributed by atoms with Gasteiger partial charge in [0.1, 0.15) is 6.04 Å². The molecule has 1 aliphatic heterocycles. The number of nitrogens with zero attached hydrogens (tertiary/aromatic N) is 1. The average Bonchev–Trinajstić information content (AvgIpc) is 2.33. The van der Waals surface area contributed by atoms with E-state index in [4.69, 9.17) is 0 Å². The van der Waals surface area contributed by atoms with Crippen LogP contribution >= 0.6 is 0 Å². The Labute approximate surface area is 102 Å². The van der Waals surface area contributed by atoms with Crippen molar-refractivity contribution in [3.63, 3.8) is 0 Å². The molecular formula is C13H19N3O. The number of piperazine rings is 1. The van der Waals surface area contributed by atoms with Gasteiger partial charge in [0.05, 0.1) is 0 Å². The molecule has 4 heteroatoms. The van der Waals surface area contributed by atoms with Crippen LogP contribution in [0, 0.1) is 0 Å². The molecule has 2 unspecified atom stereocenters. The fourth-order valence-electron chi connectivity index (χ4n) is 2.25. The van der Waals surface area contributed by atoms with Crippen molar-refractivity contribution >= 4 is 11.6 Å². The lowest BCUT2D eigenvalue weighted by atomic mass is 10.1. The standard InChI is InChI=1S/C13H19N3O/c1-10-9-16(11-6-4-3-5-7-11)12(8-14-2)13(17)15-10/h3-7,10,12,14H,8-9H2,1-2H3,(H,15,17). The van der Waals surface area contributed by atoms with Crippen molar-refractivity contribution in [3.05, 3.63) is 30.3 Å². The van der Waals surface area contributed by atoms with Gasteiger partial charge in [-0.05, 0) is 26.1 Å². The van der Waals surface area contributed by atoms with Crippen LogP contribution in [0.15, 0.2) is 30.3 Å². The molecule has 92 valence electrons. The van der Waals surface area contributed by atoms with E-state index in [1.165, 1.54) is 0 Å². The predicted octanol–water partition coefficient (Wildman–Crippen LogP) is 0.599. The normalized spacial score (nSPS) is 24.6. The fraction of sp³-hybridized carbons (Fsp3) is 0.462. The van der Waals surface area contributed by atoms with Gasteiger partial charge >= 0.3 is 0 Å². The SMILES string of the molecule is CNCC1C(=O)NC(C)CN1c1ccccc1. The van der Waals surface area contributed by atoms with Gasteiger partial charge in [0, 0.05) is 24.8 Å². The molecule has 1 aromatic rings. The van der Waals surface area contributed by atoms with Crippen molar-refractivity contribution in [2.75, 3.05) is 25.0 Å². The van der Waals surface area contributed by atoms with E-state index in [-0.39, 0.29) is 18.0 Å². The highest BCUT2D eigenvalue weighted by atomic mass is 16.2. The van der Waals surface area contributed by atoms with Gasteiger partial charge in [-0.15, -0.1) is 0 Å². The second kappa shape index (κ2) is 5.19. The van der Waals surface area contributed by atoms with Crippen LogP contribution in [0.2, 0.25) is 0 Å². The van der Waals surface area contributed by atoms with E-state index in [0.717, 1.165) is 12.2 Å². The van der Waals surface area contributed by atoms with E-state index in [2.05, 4.69) is 15.5 Å². The van der Waals surface area contributed by atoms with Crippen LogP contribution in [-0.2, 0) is 4.79 Å². The van der Waals surface area contributed by atoms with Gasteiger partial charge in [-0.3, -0.25) is 4.79 Å². The molecule has 4 nitrogen and oxygen atoms in total. The molecule has 17 heavy (non-hydrogen) atoms. The summed E-state index contributed by atoms with van der Waals surface area (Å²) in [5, 5.41) is 6.07. The van der Waals surface area contributed by atoms with Gasteiger partial charge in [0.2, 0.25) is 5.91 Å². The molecule has 2 atom stereocenters. The van der Waals surface area contributed by atoms with Crippen molar-refractivity contribution < 1.29 is 4.79 Å². The third-order valence-electron chi connectivity index (χ3n) is 3.02. The Morgan fingerprint density at radius 2 is 2.12 bits per heavy atom.